The third-order valence-electron chi connectivity index (χ3n) is 1.55. The monoisotopic (exact) mass is 194 g/mol. The summed E-state index contributed by atoms with van der Waals surface area (Å²) in [7, 11) is 0. The van der Waals surface area contributed by atoms with Crippen molar-refractivity contribution in [2.45, 2.75) is 6.04 Å². The van der Waals surface area contributed by atoms with Gasteiger partial charge in [-0.15, -0.1) is 4.72 Å². The van der Waals surface area contributed by atoms with E-state index in [1.165, 1.54) is 6.26 Å². The van der Waals surface area contributed by atoms with Gasteiger partial charge in [-0.05, 0) is 5.56 Å². The van der Waals surface area contributed by atoms with Crippen molar-refractivity contribution in [3.8, 4) is 6.07 Å². The van der Waals surface area contributed by atoms with Crippen molar-refractivity contribution in [1.29, 1.82) is 5.26 Å². The molecule has 0 aliphatic heterocycles. The SMILES string of the molecule is C[S+]([O-])NC(C#N)c1ccccc1. The van der Waals surface area contributed by atoms with Gasteiger partial charge < -0.3 is 4.55 Å². The second kappa shape index (κ2) is 4.87. The first kappa shape index (κ1) is 10.1. The maximum atomic E-state index is 10.8. The number of nitrogens with zero attached hydrogens (tertiary/aromatic N) is 1. The van der Waals surface area contributed by atoms with Crippen molar-refractivity contribution in [3.05, 3.63) is 35.9 Å². The molecule has 2 atom stereocenters. The minimum atomic E-state index is -1.17. The molecule has 0 spiro atoms. The van der Waals surface area contributed by atoms with Gasteiger partial charge in [-0.1, -0.05) is 30.3 Å². The van der Waals surface area contributed by atoms with Gasteiger partial charge in [0.15, 0.2) is 6.04 Å². The van der Waals surface area contributed by atoms with Crippen LogP contribution in [0.2, 0.25) is 0 Å². The Bertz CT molecular complexity index is 294. The molecule has 4 heteroatoms. The Morgan fingerprint density at radius 1 is 1.46 bits per heavy atom. The normalized spacial score (nSPS) is 14.5. The Morgan fingerprint density at radius 2 is 2.08 bits per heavy atom. The van der Waals surface area contributed by atoms with E-state index < -0.39 is 17.4 Å². The van der Waals surface area contributed by atoms with Crippen LogP contribution in [0.15, 0.2) is 30.3 Å². The molecular weight excluding hydrogens is 184 g/mol. The van der Waals surface area contributed by atoms with E-state index in [9.17, 15) is 4.55 Å². The van der Waals surface area contributed by atoms with Gasteiger partial charge in [-0.25, -0.2) is 0 Å². The van der Waals surface area contributed by atoms with Crippen LogP contribution in [0.1, 0.15) is 11.6 Å². The van der Waals surface area contributed by atoms with E-state index in [-0.39, 0.29) is 0 Å². The first-order chi connectivity index (χ1) is 6.24. The number of nitrogens with one attached hydrogen (secondary N) is 1. The zero-order valence-electron chi connectivity index (χ0n) is 7.23. The van der Waals surface area contributed by atoms with E-state index in [1.54, 1.807) is 0 Å². The highest BCUT2D eigenvalue weighted by Gasteiger charge is 2.13. The van der Waals surface area contributed by atoms with E-state index in [0.717, 1.165) is 5.56 Å². The summed E-state index contributed by atoms with van der Waals surface area (Å²) in [6.45, 7) is 0. The van der Waals surface area contributed by atoms with Crippen molar-refractivity contribution in [2.24, 2.45) is 0 Å². The quantitative estimate of drug-likeness (QED) is 0.734. The summed E-state index contributed by atoms with van der Waals surface area (Å²) in [6, 6.07) is 10.8. The van der Waals surface area contributed by atoms with Crippen LogP contribution in [0.3, 0.4) is 0 Å². The van der Waals surface area contributed by atoms with Crippen LogP contribution in [-0.2, 0) is 11.4 Å². The molecule has 13 heavy (non-hydrogen) atoms. The van der Waals surface area contributed by atoms with Crippen LogP contribution in [0.4, 0.5) is 0 Å². The molecule has 1 rings (SSSR count). The minimum Gasteiger partial charge on any atom is -0.598 e. The Kier molecular flexibility index (Phi) is 3.77. The summed E-state index contributed by atoms with van der Waals surface area (Å²) >= 11 is -1.17. The standard InChI is InChI=1S/C9H10N2OS/c1-13(12)11-9(7-10)8-5-3-2-4-6-8/h2-6,9,11H,1H3. The zero-order valence-corrected chi connectivity index (χ0v) is 8.04. The maximum absolute atomic E-state index is 10.8. The summed E-state index contributed by atoms with van der Waals surface area (Å²) in [4.78, 5) is 0. The zero-order chi connectivity index (χ0) is 9.68. The van der Waals surface area contributed by atoms with Crippen LogP contribution in [0.5, 0.6) is 0 Å². The molecule has 0 radical (unpaired) electrons. The Balaban J connectivity index is 2.75. The van der Waals surface area contributed by atoms with Gasteiger partial charge in [0.2, 0.25) is 0 Å². The van der Waals surface area contributed by atoms with Crippen molar-refractivity contribution >= 4 is 11.4 Å². The third-order valence-corrected chi connectivity index (χ3v) is 2.11. The largest absolute Gasteiger partial charge is 0.598 e. The average molecular weight is 194 g/mol. The van der Waals surface area contributed by atoms with Crippen LogP contribution >= 0.6 is 0 Å². The van der Waals surface area contributed by atoms with E-state index >= 15 is 0 Å². The number of hydrogen-bond donors (Lipinski definition) is 1. The molecule has 0 saturated carbocycles. The maximum Gasteiger partial charge on any atom is 0.164 e. The summed E-state index contributed by atoms with van der Waals surface area (Å²) in [5.74, 6) is 0. The van der Waals surface area contributed by atoms with Gasteiger partial charge in [-0.2, -0.15) is 5.26 Å². The molecule has 0 heterocycles. The Morgan fingerprint density at radius 3 is 2.54 bits per heavy atom. The third kappa shape index (κ3) is 3.07. The lowest BCUT2D eigenvalue weighted by Crippen LogP contribution is -2.26. The predicted molar refractivity (Wildman–Crippen MR) is 52.0 cm³/mol. The van der Waals surface area contributed by atoms with E-state index in [0.29, 0.717) is 0 Å². The van der Waals surface area contributed by atoms with Gasteiger partial charge in [0.1, 0.15) is 6.26 Å². The molecule has 0 aliphatic rings. The molecule has 0 fully saturated rings. The summed E-state index contributed by atoms with van der Waals surface area (Å²) in [5, 5.41) is 8.78. The molecule has 2 unspecified atom stereocenters. The second-order valence-electron chi connectivity index (χ2n) is 2.54. The smallest absolute Gasteiger partial charge is 0.164 e. The molecule has 3 nitrogen and oxygen atoms in total. The molecule has 0 bridgehead atoms. The number of rotatable bonds is 3. The van der Waals surface area contributed by atoms with E-state index in [2.05, 4.69) is 4.72 Å². The van der Waals surface area contributed by atoms with E-state index in [4.69, 9.17) is 5.26 Å². The van der Waals surface area contributed by atoms with Crippen LogP contribution in [0, 0.1) is 11.3 Å². The fourth-order valence-corrected chi connectivity index (χ4v) is 1.50. The highest BCUT2D eigenvalue weighted by molar-refractivity contribution is 7.88. The fourth-order valence-electron chi connectivity index (χ4n) is 0.980. The van der Waals surface area contributed by atoms with Crippen molar-refractivity contribution < 1.29 is 4.55 Å². The van der Waals surface area contributed by atoms with Crippen LogP contribution < -0.4 is 4.72 Å². The molecule has 0 saturated heterocycles. The molecule has 68 valence electrons. The van der Waals surface area contributed by atoms with Gasteiger partial charge in [0.25, 0.3) is 0 Å². The molecule has 1 N–H and O–H groups in total. The molecule has 0 aliphatic carbocycles. The van der Waals surface area contributed by atoms with Gasteiger partial charge in [-0.3, -0.25) is 0 Å². The lowest BCUT2D eigenvalue weighted by Gasteiger charge is -2.11. The summed E-state index contributed by atoms with van der Waals surface area (Å²) < 4.78 is 13.5. The van der Waals surface area contributed by atoms with Crippen molar-refractivity contribution in [3.63, 3.8) is 0 Å². The molecule has 1 aromatic rings. The predicted octanol–water partition coefficient (Wildman–Crippen LogP) is 1.13. The van der Waals surface area contributed by atoms with Gasteiger partial charge >= 0.3 is 0 Å². The Hall–Kier alpha value is -1.02. The Labute approximate surface area is 80.7 Å². The highest BCUT2D eigenvalue weighted by atomic mass is 32.2. The molecule has 1 aromatic carbocycles. The summed E-state index contributed by atoms with van der Waals surface area (Å²) in [5.41, 5.74) is 0.834. The molecule has 0 aromatic heterocycles. The van der Waals surface area contributed by atoms with Gasteiger partial charge in [0, 0.05) is 11.4 Å². The van der Waals surface area contributed by atoms with Gasteiger partial charge in [0.05, 0.1) is 6.07 Å². The first-order valence-corrected chi connectivity index (χ1v) is 5.34. The lowest BCUT2D eigenvalue weighted by molar-refractivity contribution is 0.581. The van der Waals surface area contributed by atoms with Crippen LogP contribution in [0.25, 0.3) is 0 Å². The average Bonchev–Trinajstić information content (AvgIpc) is 2.15. The second-order valence-corrected chi connectivity index (χ2v) is 3.69. The molecule has 0 amide bonds. The fraction of sp³-hybridized carbons (Fsp3) is 0.222. The topological polar surface area (TPSA) is 58.9 Å². The van der Waals surface area contributed by atoms with Crippen molar-refractivity contribution in [2.75, 3.05) is 6.26 Å². The van der Waals surface area contributed by atoms with Crippen molar-refractivity contribution in [1.82, 2.24) is 4.72 Å². The minimum absolute atomic E-state index is 0.493. The highest BCUT2D eigenvalue weighted by Crippen LogP contribution is 2.11. The number of hydrogen-bond acceptors (Lipinski definition) is 3. The first-order valence-electron chi connectivity index (χ1n) is 3.78. The summed E-state index contributed by atoms with van der Waals surface area (Å²) in [6.07, 6.45) is 1.51. The number of benzene rings is 1. The number of nitriles is 1. The lowest BCUT2D eigenvalue weighted by atomic mass is 10.1. The van der Waals surface area contributed by atoms with E-state index in [1.807, 2.05) is 36.4 Å². The van der Waals surface area contributed by atoms with Crippen LogP contribution in [-0.4, -0.2) is 10.8 Å². The molecular formula is C9H10N2OS.